The summed E-state index contributed by atoms with van der Waals surface area (Å²) >= 11 is 0. The van der Waals surface area contributed by atoms with Crippen molar-refractivity contribution in [1.82, 2.24) is 4.72 Å². The molecule has 21 heavy (non-hydrogen) atoms. The molecule has 1 aliphatic carbocycles. The summed E-state index contributed by atoms with van der Waals surface area (Å²) < 4.78 is 51.0. The SMILES string of the molecule is Cc1cc(S(C)(=O)=O)c(C)c(S(=O)(=O)NCC2CCC2)c1. The van der Waals surface area contributed by atoms with Crippen LogP contribution in [0, 0.1) is 19.8 Å². The van der Waals surface area contributed by atoms with Crippen molar-refractivity contribution in [2.75, 3.05) is 12.8 Å². The fourth-order valence-corrected chi connectivity index (χ4v) is 5.06. The van der Waals surface area contributed by atoms with Crippen molar-refractivity contribution in [3.05, 3.63) is 23.3 Å². The molecule has 0 saturated heterocycles. The molecule has 0 spiro atoms. The van der Waals surface area contributed by atoms with E-state index >= 15 is 0 Å². The first-order valence-electron chi connectivity index (χ1n) is 6.92. The predicted octanol–water partition coefficient (Wildman–Crippen LogP) is 1.79. The number of hydrogen-bond donors (Lipinski definition) is 1. The zero-order valence-electron chi connectivity index (χ0n) is 12.5. The molecule has 0 radical (unpaired) electrons. The van der Waals surface area contributed by atoms with E-state index in [9.17, 15) is 16.8 Å². The molecular weight excluding hydrogens is 310 g/mol. The van der Waals surface area contributed by atoms with Crippen LogP contribution in [0.2, 0.25) is 0 Å². The zero-order chi connectivity index (χ0) is 15.8. The van der Waals surface area contributed by atoms with Crippen molar-refractivity contribution < 1.29 is 16.8 Å². The first kappa shape index (κ1) is 16.5. The van der Waals surface area contributed by atoms with Gasteiger partial charge in [0.05, 0.1) is 9.79 Å². The Bertz CT molecular complexity index is 747. The van der Waals surface area contributed by atoms with Crippen molar-refractivity contribution in [1.29, 1.82) is 0 Å². The molecule has 5 nitrogen and oxygen atoms in total. The van der Waals surface area contributed by atoms with E-state index in [1.807, 2.05) is 0 Å². The minimum atomic E-state index is -3.68. The van der Waals surface area contributed by atoms with Crippen LogP contribution in [0.4, 0.5) is 0 Å². The van der Waals surface area contributed by atoms with Gasteiger partial charge in [0.25, 0.3) is 0 Å². The second-order valence-electron chi connectivity index (χ2n) is 5.81. The largest absolute Gasteiger partial charge is 0.240 e. The molecule has 1 aliphatic rings. The van der Waals surface area contributed by atoms with Gasteiger partial charge >= 0.3 is 0 Å². The fraction of sp³-hybridized carbons (Fsp3) is 0.571. The summed E-state index contributed by atoms with van der Waals surface area (Å²) in [7, 11) is -7.14. The molecule has 0 atom stereocenters. The topological polar surface area (TPSA) is 80.3 Å². The minimum absolute atomic E-state index is 0.0576. The van der Waals surface area contributed by atoms with Crippen molar-refractivity contribution in [3.8, 4) is 0 Å². The van der Waals surface area contributed by atoms with Gasteiger partial charge in [-0.2, -0.15) is 0 Å². The molecule has 0 amide bonds. The second-order valence-corrected chi connectivity index (χ2v) is 9.53. The first-order valence-corrected chi connectivity index (χ1v) is 10.3. The van der Waals surface area contributed by atoms with Crippen LogP contribution in [0.15, 0.2) is 21.9 Å². The summed E-state index contributed by atoms with van der Waals surface area (Å²) in [5.74, 6) is 0.402. The molecule has 0 heterocycles. The minimum Gasteiger partial charge on any atom is -0.224 e. The fourth-order valence-electron chi connectivity index (χ4n) is 2.46. The van der Waals surface area contributed by atoms with Gasteiger partial charge in [0, 0.05) is 12.8 Å². The monoisotopic (exact) mass is 331 g/mol. The van der Waals surface area contributed by atoms with Crippen LogP contribution < -0.4 is 4.72 Å². The van der Waals surface area contributed by atoms with Gasteiger partial charge in [0.1, 0.15) is 0 Å². The van der Waals surface area contributed by atoms with E-state index in [1.54, 1.807) is 6.92 Å². The summed E-state index contributed by atoms with van der Waals surface area (Å²) in [5.41, 5.74) is 0.897. The maximum absolute atomic E-state index is 12.4. The van der Waals surface area contributed by atoms with Crippen molar-refractivity contribution in [2.24, 2.45) is 5.92 Å². The van der Waals surface area contributed by atoms with E-state index in [0.29, 0.717) is 18.0 Å². The first-order chi connectivity index (χ1) is 9.61. The van der Waals surface area contributed by atoms with Crippen molar-refractivity contribution in [2.45, 2.75) is 42.9 Å². The quantitative estimate of drug-likeness (QED) is 0.892. The molecule has 1 fully saturated rings. The highest BCUT2D eigenvalue weighted by Crippen LogP contribution is 2.27. The highest BCUT2D eigenvalue weighted by atomic mass is 32.2. The van der Waals surface area contributed by atoms with Gasteiger partial charge in [-0.3, -0.25) is 0 Å². The van der Waals surface area contributed by atoms with Crippen molar-refractivity contribution in [3.63, 3.8) is 0 Å². The van der Waals surface area contributed by atoms with Crippen LogP contribution in [-0.2, 0) is 19.9 Å². The van der Waals surface area contributed by atoms with Crippen LogP contribution in [0.5, 0.6) is 0 Å². The van der Waals surface area contributed by atoms with Gasteiger partial charge < -0.3 is 0 Å². The van der Waals surface area contributed by atoms with Crippen LogP contribution in [0.25, 0.3) is 0 Å². The Labute approximate surface area is 126 Å². The number of sulfonamides is 1. The average Bonchev–Trinajstić information content (AvgIpc) is 2.28. The van der Waals surface area contributed by atoms with Gasteiger partial charge in [0.15, 0.2) is 9.84 Å². The van der Waals surface area contributed by atoms with Gasteiger partial charge in [-0.15, -0.1) is 0 Å². The Morgan fingerprint density at radius 3 is 2.14 bits per heavy atom. The summed E-state index contributed by atoms with van der Waals surface area (Å²) in [5, 5.41) is 0. The van der Waals surface area contributed by atoms with Crippen LogP contribution in [0.1, 0.15) is 30.4 Å². The number of sulfone groups is 1. The Balaban J connectivity index is 2.40. The molecule has 0 aromatic heterocycles. The normalized spacial score (nSPS) is 16.7. The van der Waals surface area contributed by atoms with E-state index < -0.39 is 19.9 Å². The van der Waals surface area contributed by atoms with E-state index in [2.05, 4.69) is 4.72 Å². The van der Waals surface area contributed by atoms with Gasteiger partial charge in [-0.25, -0.2) is 21.6 Å². The molecule has 0 bridgehead atoms. The zero-order valence-corrected chi connectivity index (χ0v) is 14.1. The molecule has 1 aromatic carbocycles. The molecule has 1 saturated carbocycles. The van der Waals surface area contributed by atoms with E-state index in [1.165, 1.54) is 19.1 Å². The number of hydrogen-bond acceptors (Lipinski definition) is 4. The molecule has 118 valence electrons. The Morgan fingerprint density at radius 1 is 1.10 bits per heavy atom. The third-order valence-electron chi connectivity index (χ3n) is 3.93. The lowest BCUT2D eigenvalue weighted by Crippen LogP contribution is -2.32. The smallest absolute Gasteiger partial charge is 0.224 e. The number of rotatable bonds is 5. The van der Waals surface area contributed by atoms with Gasteiger partial charge in [0.2, 0.25) is 10.0 Å². The molecule has 0 unspecified atom stereocenters. The Morgan fingerprint density at radius 2 is 1.67 bits per heavy atom. The van der Waals surface area contributed by atoms with Crippen LogP contribution >= 0.6 is 0 Å². The lowest BCUT2D eigenvalue weighted by atomic mass is 9.86. The molecule has 2 rings (SSSR count). The molecule has 1 aromatic rings. The Hall–Kier alpha value is -0.920. The van der Waals surface area contributed by atoms with Gasteiger partial charge in [-0.05, 0) is 55.9 Å². The van der Waals surface area contributed by atoms with Crippen LogP contribution in [0.3, 0.4) is 0 Å². The third-order valence-corrected chi connectivity index (χ3v) is 6.71. The van der Waals surface area contributed by atoms with Gasteiger partial charge in [-0.1, -0.05) is 6.42 Å². The molecule has 1 N–H and O–H groups in total. The lowest BCUT2D eigenvalue weighted by molar-refractivity contribution is 0.316. The maximum Gasteiger partial charge on any atom is 0.240 e. The average molecular weight is 331 g/mol. The lowest BCUT2D eigenvalue weighted by Gasteiger charge is -2.25. The highest BCUT2D eigenvalue weighted by Gasteiger charge is 2.25. The van der Waals surface area contributed by atoms with E-state index in [4.69, 9.17) is 0 Å². The summed E-state index contributed by atoms with van der Waals surface area (Å²) in [4.78, 5) is 0.133. The summed E-state index contributed by atoms with van der Waals surface area (Å²) in [6.45, 7) is 3.65. The third kappa shape index (κ3) is 3.64. The predicted molar refractivity (Wildman–Crippen MR) is 81.6 cm³/mol. The molecule has 0 aliphatic heterocycles. The van der Waals surface area contributed by atoms with E-state index in [-0.39, 0.29) is 15.4 Å². The molecular formula is C14H21NO4S2. The van der Waals surface area contributed by atoms with Crippen molar-refractivity contribution >= 4 is 19.9 Å². The number of benzene rings is 1. The standard InChI is InChI=1S/C14H21NO4S2/c1-10-7-13(20(3,16)17)11(2)14(8-10)21(18,19)15-9-12-5-4-6-12/h7-8,12,15H,4-6,9H2,1-3H3. The second kappa shape index (κ2) is 5.70. The summed E-state index contributed by atoms with van der Waals surface area (Å²) in [6.07, 6.45) is 4.33. The molecule has 7 heteroatoms. The highest BCUT2D eigenvalue weighted by molar-refractivity contribution is 7.91. The Kier molecular flexibility index (Phi) is 4.46. The van der Waals surface area contributed by atoms with E-state index in [0.717, 1.165) is 25.5 Å². The number of nitrogens with one attached hydrogen (secondary N) is 1. The maximum atomic E-state index is 12.4. The summed E-state index contributed by atoms with van der Waals surface area (Å²) in [6, 6.07) is 3.03. The van der Waals surface area contributed by atoms with Crippen LogP contribution in [-0.4, -0.2) is 29.6 Å². The number of aryl methyl sites for hydroxylation is 1.